The van der Waals surface area contributed by atoms with Gasteiger partial charge in [0.05, 0.1) is 6.61 Å². The average Bonchev–Trinajstić information content (AvgIpc) is 2.78. The Morgan fingerprint density at radius 2 is 2.21 bits per heavy atom. The second kappa shape index (κ2) is 5.38. The second-order valence-electron chi connectivity index (χ2n) is 4.75. The Labute approximate surface area is 114 Å². The fourth-order valence-electron chi connectivity index (χ4n) is 2.39. The molecule has 1 fully saturated rings. The largest absolute Gasteiger partial charge is 0.492 e. The van der Waals surface area contributed by atoms with E-state index in [9.17, 15) is 8.42 Å². The van der Waals surface area contributed by atoms with Gasteiger partial charge in [-0.2, -0.15) is 4.31 Å². The molecule has 6 heteroatoms. The number of hydrogen-bond donors (Lipinski definition) is 1. The van der Waals surface area contributed by atoms with Crippen LogP contribution in [0.5, 0.6) is 5.75 Å². The van der Waals surface area contributed by atoms with Gasteiger partial charge in [0, 0.05) is 18.3 Å². The monoisotopic (exact) mass is 284 g/mol. The third-order valence-electron chi connectivity index (χ3n) is 3.35. The van der Waals surface area contributed by atoms with Crippen LogP contribution in [0, 0.1) is 0 Å². The van der Waals surface area contributed by atoms with Gasteiger partial charge < -0.3 is 10.5 Å². The molecule has 1 atom stereocenters. The Kier molecular flexibility index (Phi) is 4.01. The van der Waals surface area contributed by atoms with Crippen LogP contribution in [0.4, 0.5) is 5.69 Å². The predicted molar refractivity (Wildman–Crippen MR) is 74.6 cm³/mol. The van der Waals surface area contributed by atoms with Crippen molar-refractivity contribution < 1.29 is 13.2 Å². The van der Waals surface area contributed by atoms with Gasteiger partial charge in [-0.25, -0.2) is 8.42 Å². The van der Waals surface area contributed by atoms with Gasteiger partial charge >= 0.3 is 0 Å². The lowest BCUT2D eigenvalue weighted by molar-refractivity contribution is 0.328. The van der Waals surface area contributed by atoms with E-state index in [2.05, 4.69) is 0 Å². The van der Waals surface area contributed by atoms with E-state index in [4.69, 9.17) is 10.5 Å². The third-order valence-corrected chi connectivity index (χ3v) is 5.38. The van der Waals surface area contributed by atoms with Crippen LogP contribution in [0.3, 0.4) is 0 Å². The van der Waals surface area contributed by atoms with Crippen LogP contribution in [0.15, 0.2) is 23.1 Å². The summed E-state index contributed by atoms with van der Waals surface area (Å²) < 4.78 is 32.3. The number of rotatable bonds is 4. The molecule has 1 aliphatic rings. The van der Waals surface area contributed by atoms with Crippen LogP contribution in [0.25, 0.3) is 0 Å². The van der Waals surface area contributed by atoms with E-state index in [-0.39, 0.29) is 10.9 Å². The molecule has 0 amide bonds. The third kappa shape index (κ3) is 2.69. The zero-order valence-electron chi connectivity index (χ0n) is 11.3. The van der Waals surface area contributed by atoms with Crippen LogP contribution in [0.1, 0.15) is 26.7 Å². The van der Waals surface area contributed by atoms with E-state index in [0.29, 0.717) is 24.6 Å². The summed E-state index contributed by atoms with van der Waals surface area (Å²) in [6, 6.07) is 4.77. The fraction of sp³-hybridized carbons (Fsp3) is 0.538. The van der Waals surface area contributed by atoms with Crippen molar-refractivity contribution in [1.29, 1.82) is 0 Å². The van der Waals surface area contributed by atoms with E-state index in [1.807, 2.05) is 13.8 Å². The van der Waals surface area contributed by atoms with Gasteiger partial charge in [-0.1, -0.05) is 0 Å². The van der Waals surface area contributed by atoms with Crippen molar-refractivity contribution >= 4 is 15.7 Å². The van der Waals surface area contributed by atoms with Crippen molar-refractivity contribution in [3.63, 3.8) is 0 Å². The molecule has 1 aromatic carbocycles. The highest BCUT2D eigenvalue weighted by molar-refractivity contribution is 7.89. The summed E-state index contributed by atoms with van der Waals surface area (Å²) in [7, 11) is -3.53. The summed E-state index contributed by atoms with van der Waals surface area (Å²) in [6.07, 6.45) is 1.79. The van der Waals surface area contributed by atoms with Gasteiger partial charge in [-0.15, -0.1) is 0 Å². The molecule has 1 heterocycles. The normalized spacial score (nSPS) is 20.6. The van der Waals surface area contributed by atoms with Crippen LogP contribution < -0.4 is 10.5 Å². The maximum atomic E-state index is 12.7. The van der Waals surface area contributed by atoms with Crippen LogP contribution in [0.2, 0.25) is 0 Å². The van der Waals surface area contributed by atoms with Gasteiger partial charge in [0.2, 0.25) is 10.0 Å². The molecule has 0 aliphatic carbocycles. The van der Waals surface area contributed by atoms with Crippen LogP contribution >= 0.6 is 0 Å². The number of nitrogen functional groups attached to an aromatic ring is 1. The average molecular weight is 284 g/mol. The zero-order chi connectivity index (χ0) is 14.0. The van der Waals surface area contributed by atoms with E-state index in [1.165, 1.54) is 10.4 Å². The number of benzene rings is 1. The molecular weight excluding hydrogens is 264 g/mol. The van der Waals surface area contributed by atoms with E-state index in [1.54, 1.807) is 12.1 Å². The molecule has 19 heavy (non-hydrogen) atoms. The number of hydrogen-bond acceptors (Lipinski definition) is 4. The van der Waals surface area contributed by atoms with Crippen molar-refractivity contribution in [3.05, 3.63) is 18.2 Å². The molecule has 0 bridgehead atoms. The van der Waals surface area contributed by atoms with Crippen molar-refractivity contribution in [3.8, 4) is 5.75 Å². The van der Waals surface area contributed by atoms with Crippen LogP contribution in [-0.4, -0.2) is 31.9 Å². The van der Waals surface area contributed by atoms with Crippen molar-refractivity contribution in [2.24, 2.45) is 0 Å². The highest BCUT2D eigenvalue weighted by Gasteiger charge is 2.34. The molecule has 1 aliphatic heterocycles. The second-order valence-corrected chi connectivity index (χ2v) is 6.61. The lowest BCUT2D eigenvalue weighted by atomic mass is 10.3. The molecule has 0 spiro atoms. The van der Waals surface area contributed by atoms with Gasteiger partial charge in [-0.05, 0) is 44.9 Å². The first-order valence-electron chi connectivity index (χ1n) is 6.51. The first kappa shape index (κ1) is 14.1. The Morgan fingerprint density at radius 1 is 1.47 bits per heavy atom. The Hall–Kier alpha value is -1.27. The van der Waals surface area contributed by atoms with Crippen LogP contribution in [-0.2, 0) is 10.0 Å². The number of nitrogens with zero attached hydrogens (tertiary/aromatic N) is 1. The molecule has 1 aromatic rings. The summed E-state index contributed by atoms with van der Waals surface area (Å²) >= 11 is 0. The first-order chi connectivity index (χ1) is 8.96. The zero-order valence-corrected chi connectivity index (χ0v) is 12.1. The smallest absolute Gasteiger partial charge is 0.247 e. The highest BCUT2D eigenvalue weighted by Crippen LogP contribution is 2.32. The fourth-order valence-corrected chi connectivity index (χ4v) is 4.26. The molecule has 0 radical (unpaired) electrons. The maximum absolute atomic E-state index is 12.7. The molecule has 2 rings (SSSR count). The predicted octanol–water partition coefficient (Wildman–Crippen LogP) is 1.84. The highest BCUT2D eigenvalue weighted by atomic mass is 32.2. The summed E-state index contributed by atoms with van der Waals surface area (Å²) in [4.78, 5) is 0.170. The minimum atomic E-state index is -3.53. The number of nitrogens with two attached hydrogens (primary N) is 1. The van der Waals surface area contributed by atoms with Gasteiger partial charge in [0.15, 0.2) is 0 Å². The topological polar surface area (TPSA) is 72.6 Å². The molecule has 2 N–H and O–H groups in total. The summed E-state index contributed by atoms with van der Waals surface area (Å²) in [5.74, 6) is 0.371. The van der Waals surface area contributed by atoms with Crippen molar-refractivity contribution in [2.75, 3.05) is 18.9 Å². The number of anilines is 1. The van der Waals surface area contributed by atoms with E-state index in [0.717, 1.165) is 12.8 Å². The molecule has 106 valence electrons. The lowest BCUT2D eigenvalue weighted by Gasteiger charge is -2.22. The van der Waals surface area contributed by atoms with E-state index < -0.39 is 10.0 Å². The molecular formula is C13H20N2O3S. The first-order valence-corrected chi connectivity index (χ1v) is 7.95. The summed E-state index contributed by atoms with van der Waals surface area (Å²) in [5.41, 5.74) is 6.14. The minimum Gasteiger partial charge on any atom is -0.492 e. The molecule has 1 saturated heterocycles. The SMILES string of the molecule is CCOc1ccc(N)cc1S(=O)(=O)N1CCCC1C. The minimum absolute atomic E-state index is 0.0286. The van der Waals surface area contributed by atoms with Gasteiger partial charge in [0.25, 0.3) is 0 Å². The maximum Gasteiger partial charge on any atom is 0.247 e. The Morgan fingerprint density at radius 3 is 2.79 bits per heavy atom. The van der Waals surface area contributed by atoms with Gasteiger partial charge in [-0.3, -0.25) is 0 Å². The Balaban J connectivity index is 2.47. The summed E-state index contributed by atoms with van der Waals surface area (Å²) in [5, 5.41) is 0. The lowest BCUT2D eigenvalue weighted by Crippen LogP contribution is -2.34. The molecule has 1 unspecified atom stereocenters. The van der Waals surface area contributed by atoms with E-state index >= 15 is 0 Å². The molecule has 0 saturated carbocycles. The standard InChI is InChI=1S/C13H20N2O3S/c1-3-18-12-7-6-11(14)9-13(12)19(16,17)15-8-4-5-10(15)2/h6-7,9-10H,3-5,8,14H2,1-2H3. The molecule has 0 aromatic heterocycles. The van der Waals surface area contributed by atoms with Crippen molar-refractivity contribution in [2.45, 2.75) is 37.6 Å². The van der Waals surface area contributed by atoms with Crippen molar-refractivity contribution in [1.82, 2.24) is 4.31 Å². The number of sulfonamides is 1. The Bertz CT molecular complexity index is 557. The van der Waals surface area contributed by atoms with Gasteiger partial charge in [0.1, 0.15) is 10.6 Å². The summed E-state index contributed by atoms with van der Waals surface area (Å²) in [6.45, 7) is 4.73. The number of ether oxygens (including phenoxy) is 1. The molecule has 5 nitrogen and oxygen atoms in total. The quantitative estimate of drug-likeness (QED) is 0.856.